The molecule has 2 heteroatoms. The van der Waals surface area contributed by atoms with E-state index in [0.717, 1.165) is 31.6 Å². The van der Waals surface area contributed by atoms with Crippen LogP contribution in [0.15, 0.2) is 24.3 Å². The summed E-state index contributed by atoms with van der Waals surface area (Å²) in [5, 5.41) is 3.51. The fraction of sp³-hybridized carbons (Fsp3) is 0.529. The van der Waals surface area contributed by atoms with E-state index in [2.05, 4.69) is 36.4 Å². The van der Waals surface area contributed by atoms with Gasteiger partial charge in [-0.25, -0.2) is 0 Å². The zero-order chi connectivity index (χ0) is 14.1. The van der Waals surface area contributed by atoms with Crippen LogP contribution in [0.4, 0.5) is 0 Å². The number of terminal acetylenes is 1. The number of ether oxygens (including phenoxy) is 1. The molecule has 1 unspecified atom stereocenters. The van der Waals surface area contributed by atoms with Crippen LogP contribution in [-0.4, -0.2) is 12.6 Å². The predicted octanol–water partition coefficient (Wildman–Crippen LogP) is 3.93. The number of rotatable bonds is 8. The van der Waals surface area contributed by atoms with Crippen LogP contribution >= 0.6 is 0 Å². The molecule has 1 atom stereocenters. The summed E-state index contributed by atoms with van der Waals surface area (Å²) in [6.45, 7) is 7.17. The Balaban J connectivity index is 2.74. The molecule has 0 fully saturated rings. The van der Waals surface area contributed by atoms with Crippen molar-refractivity contribution in [3.8, 4) is 18.1 Å². The van der Waals surface area contributed by atoms with Crippen molar-refractivity contribution in [1.82, 2.24) is 5.32 Å². The second kappa shape index (κ2) is 8.61. The first-order valence-electron chi connectivity index (χ1n) is 7.10. The minimum absolute atomic E-state index is 0.203. The highest BCUT2D eigenvalue weighted by molar-refractivity contribution is 5.30. The average Bonchev–Trinajstić information content (AvgIpc) is 2.37. The van der Waals surface area contributed by atoms with E-state index in [9.17, 15) is 0 Å². The van der Waals surface area contributed by atoms with Crippen molar-refractivity contribution >= 4 is 0 Å². The fourth-order valence-corrected chi connectivity index (χ4v) is 2.12. The summed E-state index contributed by atoms with van der Waals surface area (Å²) in [6.07, 6.45) is 8.46. The van der Waals surface area contributed by atoms with Gasteiger partial charge in [0, 0.05) is 12.5 Å². The van der Waals surface area contributed by atoms with Crippen molar-refractivity contribution in [3.05, 3.63) is 29.8 Å². The predicted molar refractivity (Wildman–Crippen MR) is 81.3 cm³/mol. The van der Waals surface area contributed by atoms with Crippen molar-refractivity contribution in [3.63, 3.8) is 0 Å². The van der Waals surface area contributed by atoms with Crippen molar-refractivity contribution in [2.45, 2.75) is 52.2 Å². The molecule has 0 aliphatic rings. The van der Waals surface area contributed by atoms with Crippen LogP contribution in [0.5, 0.6) is 5.75 Å². The molecule has 1 rings (SSSR count). The third-order valence-corrected chi connectivity index (χ3v) is 2.90. The highest BCUT2D eigenvalue weighted by Gasteiger charge is 2.10. The zero-order valence-corrected chi connectivity index (χ0v) is 12.3. The quantitative estimate of drug-likeness (QED) is 0.564. The van der Waals surface area contributed by atoms with E-state index in [1.165, 1.54) is 5.56 Å². The van der Waals surface area contributed by atoms with Gasteiger partial charge in [-0.15, -0.1) is 12.3 Å². The summed E-state index contributed by atoms with van der Waals surface area (Å²) in [7, 11) is 0. The van der Waals surface area contributed by atoms with E-state index in [1.807, 2.05) is 19.9 Å². The summed E-state index contributed by atoms with van der Waals surface area (Å²) >= 11 is 0. The molecule has 0 radical (unpaired) electrons. The van der Waals surface area contributed by atoms with Crippen molar-refractivity contribution in [1.29, 1.82) is 0 Å². The normalized spacial score (nSPS) is 12.2. The van der Waals surface area contributed by atoms with E-state index in [0.29, 0.717) is 6.04 Å². The SMILES string of the molecule is C#CCCCC(NCC)c1cccc(OC(C)C)c1. The summed E-state index contributed by atoms with van der Waals surface area (Å²) in [4.78, 5) is 0. The summed E-state index contributed by atoms with van der Waals surface area (Å²) < 4.78 is 5.75. The third kappa shape index (κ3) is 5.81. The Hall–Kier alpha value is -1.46. The molecule has 0 heterocycles. The van der Waals surface area contributed by atoms with Gasteiger partial charge >= 0.3 is 0 Å². The van der Waals surface area contributed by atoms with E-state index >= 15 is 0 Å². The molecule has 1 aromatic carbocycles. The van der Waals surface area contributed by atoms with E-state index in [1.54, 1.807) is 0 Å². The summed E-state index contributed by atoms with van der Waals surface area (Å²) in [6, 6.07) is 8.69. The average molecular weight is 259 g/mol. The zero-order valence-electron chi connectivity index (χ0n) is 12.3. The Labute approximate surface area is 117 Å². The number of nitrogens with one attached hydrogen (secondary N) is 1. The van der Waals surface area contributed by atoms with Crippen LogP contribution in [0, 0.1) is 12.3 Å². The topological polar surface area (TPSA) is 21.3 Å². The fourth-order valence-electron chi connectivity index (χ4n) is 2.12. The van der Waals surface area contributed by atoms with Crippen LogP contribution in [-0.2, 0) is 0 Å². The molecule has 0 aliphatic carbocycles. The first-order valence-corrected chi connectivity index (χ1v) is 7.10. The number of benzene rings is 1. The minimum Gasteiger partial charge on any atom is -0.491 e. The lowest BCUT2D eigenvalue weighted by Gasteiger charge is -2.19. The van der Waals surface area contributed by atoms with Crippen LogP contribution in [0.3, 0.4) is 0 Å². The highest BCUT2D eigenvalue weighted by Crippen LogP contribution is 2.24. The first-order chi connectivity index (χ1) is 9.17. The number of hydrogen-bond acceptors (Lipinski definition) is 2. The molecule has 0 aromatic heterocycles. The largest absolute Gasteiger partial charge is 0.491 e. The van der Waals surface area contributed by atoms with Gasteiger partial charge in [0.15, 0.2) is 0 Å². The van der Waals surface area contributed by atoms with Crippen molar-refractivity contribution < 1.29 is 4.74 Å². The smallest absolute Gasteiger partial charge is 0.120 e. The monoisotopic (exact) mass is 259 g/mol. The lowest BCUT2D eigenvalue weighted by atomic mass is 10.0. The molecule has 2 nitrogen and oxygen atoms in total. The Kier molecular flexibility index (Phi) is 7.07. The van der Waals surface area contributed by atoms with Gasteiger partial charge in [0.2, 0.25) is 0 Å². The molecule has 0 spiro atoms. The molecule has 0 saturated carbocycles. The van der Waals surface area contributed by atoms with Gasteiger partial charge < -0.3 is 10.1 Å². The molecule has 104 valence electrons. The molecule has 1 aromatic rings. The second-order valence-electron chi connectivity index (χ2n) is 4.95. The second-order valence-corrected chi connectivity index (χ2v) is 4.95. The molecular formula is C17H25NO. The maximum Gasteiger partial charge on any atom is 0.120 e. The van der Waals surface area contributed by atoms with Gasteiger partial charge in [-0.05, 0) is 50.9 Å². The van der Waals surface area contributed by atoms with E-state index in [-0.39, 0.29) is 6.10 Å². The Morgan fingerprint density at radius 2 is 2.16 bits per heavy atom. The van der Waals surface area contributed by atoms with Gasteiger partial charge in [-0.3, -0.25) is 0 Å². The number of unbranched alkanes of at least 4 members (excludes halogenated alkanes) is 1. The Morgan fingerprint density at radius 1 is 1.37 bits per heavy atom. The molecule has 1 N–H and O–H groups in total. The van der Waals surface area contributed by atoms with E-state index < -0.39 is 0 Å². The lowest BCUT2D eigenvalue weighted by Crippen LogP contribution is -2.21. The molecule has 0 bridgehead atoms. The van der Waals surface area contributed by atoms with Gasteiger partial charge in [0.1, 0.15) is 5.75 Å². The summed E-state index contributed by atoms with van der Waals surface area (Å²) in [5.74, 6) is 3.64. The highest BCUT2D eigenvalue weighted by atomic mass is 16.5. The van der Waals surface area contributed by atoms with Gasteiger partial charge in [-0.1, -0.05) is 19.1 Å². The maximum absolute atomic E-state index is 5.75. The van der Waals surface area contributed by atoms with Crippen molar-refractivity contribution in [2.75, 3.05) is 6.54 Å². The lowest BCUT2D eigenvalue weighted by molar-refractivity contribution is 0.242. The van der Waals surface area contributed by atoms with Gasteiger partial charge in [0.05, 0.1) is 6.10 Å². The van der Waals surface area contributed by atoms with Crippen LogP contribution < -0.4 is 10.1 Å². The molecule has 0 aliphatic heterocycles. The van der Waals surface area contributed by atoms with Crippen molar-refractivity contribution in [2.24, 2.45) is 0 Å². The maximum atomic E-state index is 5.75. The van der Waals surface area contributed by atoms with Gasteiger partial charge in [-0.2, -0.15) is 0 Å². The minimum atomic E-state index is 0.203. The molecule has 0 saturated heterocycles. The van der Waals surface area contributed by atoms with Gasteiger partial charge in [0.25, 0.3) is 0 Å². The molecule has 0 amide bonds. The van der Waals surface area contributed by atoms with Crippen LogP contribution in [0.25, 0.3) is 0 Å². The van der Waals surface area contributed by atoms with E-state index in [4.69, 9.17) is 11.2 Å². The number of hydrogen-bond donors (Lipinski definition) is 1. The standard InChI is InChI=1S/C17H25NO/c1-5-7-8-12-17(18-6-2)15-10-9-11-16(13-15)19-14(3)4/h1,9-11,13-14,17-18H,6-8,12H2,2-4H3. The summed E-state index contributed by atoms with van der Waals surface area (Å²) in [5.41, 5.74) is 1.28. The third-order valence-electron chi connectivity index (χ3n) is 2.90. The molecular weight excluding hydrogens is 234 g/mol. The Morgan fingerprint density at radius 3 is 2.79 bits per heavy atom. The van der Waals surface area contributed by atoms with Crippen LogP contribution in [0.2, 0.25) is 0 Å². The molecule has 19 heavy (non-hydrogen) atoms. The van der Waals surface area contributed by atoms with Crippen LogP contribution in [0.1, 0.15) is 51.6 Å². The first kappa shape index (κ1) is 15.6. The Bertz CT molecular complexity index is 406.